The van der Waals surface area contributed by atoms with Crippen LogP contribution in [-0.4, -0.2) is 18.1 Å². The Labute approximate surface area is 108 Å². The predicted molar refractivity (Wildman–Crippen MR) is 70.9 cm³/mol. The van der Waals surface area contributed by atoms with Gasteiger partial charge in [0, 0.05) is 33.6 Å². The fourth-order valence-electron chi connectivity index (χ4n) is 1.74. The average Bonchev–Trinajstić information content (AvgIpc) is 2.71. The van der Waals surface area contributed by atoms with Gasteiger partial charge in [0.2, 0.25) is 0 Å². The van der Waals surface area contributed by atoms with Crippen LogP contribution in [0.4, 0.5) is 0 Å². The highest BCUT2D eigenvalue weighted by molar-refractivity contribution is 9.10. The Hall–Kier alpha value is -1.55. The van der Waals surface area contributed by atoms with E-state index < -0.39 is 0 Å². The molecule has 0 spiro atoms. The first-order valence-electron chi connectivity index (χ1n) is 5.13. The summed E-state index contributed by atoms with van der Waals surface area (Å²) in [4.78, 5) is 14.5. The number of carbonyl (C=O) groups is 1. The molecule has 4 heteroatoms. The molecule has 1 heterocycles. The Morgan fingerprint density at radius 3 is 3.00 bits per heavy atom. The molecule has 0 aliphatic heterocycles. The maximum atomic E-state index is 11.3. The molecular weight excluding hydrogens is 282 g/mol. The van der Waals surface area contributed by atoms with Crippen molar-refractivity contribution in [2.24, 2.45) is 0 Å². The van der Waals surface area contributed by atoms with Crippen LogP contribution in [0.25, 0.3) is 10.9 Å². The predicted octanol–water partition coefficient (Wildman–Crippen LogP) is 3.20. The summed E-state index contributed by atoms with van der Waals surface area (Å²) in [5.74, 6) is -0.366. The minimum absolute atomic E-state index is 0.366. The molecule has 88 valence electrons. The summed E-state index contributed by atoms with van der Waals surface area (Å²) >= 11 is 3.43. The maximum Gasteiger partial charge on any atom is 0.333 e. The number of benzene rings is 1. The van der Waals surface area contributed by atoms with Crippen molar-refractivity contribution in [2.45, 2.75) is 6.42 Å². The zero-order chi connectivity index (χ0) is 12.4. The van der Waals surface area contributed by atoms with Gasteiger partial charge in [-0.05, 0) is 23.8 Å². The Morgan fingerprint density at radius 1 is 1.53 bits per heavy atom. The van der Waals surface area contributed by atoms with Crippen LogP contribution in [0.15, 0.2) is 41.0 Å². The van der Waals surface area contributed by atoms with E-state index >= 15 is 0 Å². The molecule has 0 saturated carbocycles. The van der Waals surface area contributed by atoms with Crippen molar-refractivity contribution in [2.75, 3.05) is 7.11 Å². The number of rotatable bonds is 3. The third-order valence-corrected chi connectivity index (χ3v) is 3.10. The molecule has 0 amide bonds. The number of fused-ring (bicyclic) bond motifs is 1. The summed E-state index contributed by atoms with van der Waals surface area (Å²) in [7, 11) is 1.36. The Morgan fingerprint density at radius 2 is 2.29 bits per heavy atom. The first-order valence-corrected chi connectivity index (χ1v) is 5.92. The van der Waals surface area contributed by atoms with Crippen molar-refractivity contribution < 1.29 is 9.53 Å². The molecule has 0 atom stereocenters. The monoisotopic (exact) mass is 293 g/mol. The van der Waals surface area contributed by atoms with Crippen LogP contribution in [0.2, 0.25) is 0 Å². The molecule has 2 aromatic rings. The molecule has 2 rings (SSSR count). The number of esters is 1. The van der Waals surface area contributed by atoms with E-state index in [4.69, 9.17) is 0 Å². The number of halogens is 1. The lowest BCUT2D eigenvalue weighted by atomic mass is 10.1. The van der Waals surface area contributed by atoms with Crippen LogP contribution < -0.4 is 0 Å². The van der Waals surface area contributed by atoms with Gasteiger partial charge in [0.05, 0.1) is 7.11 Å². The molecule has 1 aromatic carbocycles. The van der Waals surface area contributed by atoms with Gasteiger partial charge in [0.15, 0.2) is 0 Å². The van der Waals surface area contributed by atoms with Crippen molar-refractivity contribution >= 4 is 32.8 Å². The lowest BCUT2D eigenvalue weighted by Crippen LogP contribution is -2.05. The Kier molecular flexibility index (Phi) is 3.33. The van der Waals surface area contributed by atoms with E-state index in [1.54, 1.807) is 0 Å². The molecule has 0 aliphatic carbocycles. The van der Waals surface area contributed by atoms with Crippen LogP contribution in [-0.2, 0) is 16.0 Å². The summed E-state index contributed by atoms with van der Waals surface area (Å²) in [5, 5.41) is 1.09. The largest absolute Gasteiger partial charge is 0.466 e. The van der Waals surface area contributed by atoms with Gasteiger partial charge in [0.25, 0.3) is 0 Å². The third-order valence-electron chi connectivity index (χ3n) is 2.61. The molecule has 3 nitrogen and oxygen atoms in total. The zero-order valence-electron chi connectivity index (χ0n) is 9.42. The van der Waals surface area contributed by atoms with Crippen LogP contribution in [0, 0.1) is 0 Å². The van der Waals surface area contributed by atoms with Crippen LogP contribution in [0.1, 0.15) is 5.56 Å². The molecule has 0 aliphatic rings. The van der Waals surface area contributed by atoms with Gasteiger partial charge in [-0.1, -0.05) is 22.5 Å². The van der Waals surface area contributed by atoms with E-state index in [0.717, 1.165) is 20.9 Å². The number of aromatic amines is 1. The number of hydrogen-bond acceptors (Lipinski definition) is 2. The molecular formula is C13H12BrNO2. The molecule has 0 radical (unpaired) electrons. The number of hydrogen-bond donors (Lipinski definition) is 1. The number of ether oxygens (including phenoxy) is 1. The lowest BCUT2D eigenvalue weighted by molar-refractivity contribution is -0.136. The van der Waals surface area contributed by atoms with Crippen molar-refractivity contribution in [3.05, 3.63) is 46.6 Å². The molecule has 0 unspecified atom stereocenters. The normalized spacial score (nSPS) is 10.5. The first-order chi connectivity index (χ1) is 8.11. The number of aromatic nitrogens is 1. The molecule has 1 N–H and O–H groups in total. The highest BCUT2D eigenvalue weighted by Crippen LogP contribution is 2.24. The smallest absolute Gasteiger partial charge is 0.333 e. The molecule has 1 aromatic heterocycles. The minimum atomic E-state index is -0.366. The number of methoxy groups -OCH3 is 1. The lowest BCUT2D eigenvalue weighted by Gasteiger charge is -2.02. The third kappa shape index (κ3) is 2.42. The summed E-state index contributed by atoms with van der Waals surface area (Å²) in [5.41, 5.74) is 2.53. The van der Waals surface area contributed by atoms with E-state index in [-0.39, 0.29) is 5.97 Å². The molecule has 0 fully saturated rings. The van der Waals surface area contributed by atoms with Gasteiger partial charge in [-0.3, -0.25) is 0 Å². The van der Waals surface area contributed by atoms with Crippen LogP contribution in [0.5, 0.6) is 0 Å². The minimum Gasteiger partial charge on any atom is -0.466 e. The number of carbonyl (C=O) groups excluding carboxylic acids is 1. The maximum absolute atomic E-state index is 11.3. The van der Waals surface area contributed by atoms with E-state index in [1.165, 1.54) is 7.11 Å². The van der Waals surface area contributed by atoms with E-state index in [0.29, 0.717) is 12.0 Å². The van der Waals surface area contributed by atoms with Crippen molar-refractivity contribution in [3.63, 3.8) is 0 Å². The summed E-state index contributed by atoms with van der Waals surface area (Å²) in [6.07, 6.45) is 2.38. The molecule has 0 bridgehead atoms. The van der Waals surface area contributed by atoms with Gasteiger partial charge >= 0.3 is 5.97 Å². The van der Waals surface area contributed by atoms with E-state index in [1.807, 2.05) is 24.4 Å². The second-order valence-electron chi connectivity index (χ2n) is 3.78. The van der Waals surface area contributed by atoms with Crippen molar-refractivity contribution in [3.8, 4) is 0 Å². The SMILES string of the molecule is C=C(Cc1c[nH]c2ccc(Br)cc12)C(=O)OC. The van der Waals surface area contributed by atoms with E-state index in [9.17, 15) is 4.79 Å². The quantitative estimate of drug-likeness (QED) is 0.697. The van der Waals surface area contributed by atoms with Crippen LogP contribution >= 0.6 is 15.9 Å². The second-order valence-corrected chi connectivity index (χ2v) is 4.69. The van der Waals surface area contributed by atoms with Gasteiger partial charge in [0.1, 0.15) is 0 Å². The van der Waals surface area contributed by atoms with E-state index in [2.05, 4.69) is 32.2 Å². The molecule has 0 saturated heterocycles. The fourth-order valence-corrected chi connectivity index (χ4v) is 2.10. The molecule has 17 heavy (non-hydrogen) atoms. The van der Waals surface area contributed by atoms with Gasteiger partial charge < -0.3 is 9.72 Å². The fraction of sp³-hybridized carbons (Fsp3) is 0.154. The highest BCUT2D eigenvalue weighted by atomic mass is 79.9. The van der Waals surface area contributed by atoms with Gasteiger partial charge in [-0.2, -0.15) is 0 Å². The average molecular weight is 294 g/mol. The zero-order valence-corrected chi connectivity index (χ0v) is 11.0. The van der Waals surface area contributed by atoms with Gasteiger partial charge in [-0.25, -0.2) is 4.79 Å². The first kappa shape index (κ1) is 11.9. The number of H-pyrrole nitrogens is 1. The Bertz CT molecular complexity index is 586. The van der Waals surface area contributed by atoms with Gasteiger partial charge in [-0.15, -0.1) is 0 Å². The Balaban J connectivity index is 2.33. The summed E-state index contributed by atoms with van der Waals surface area (Å²) < 4.78 is 5.65. The van der Waals surface area contributed by atoms with Crippen molar-refractivity contribution in [1.29, 1.82) is 0 Å². The second kappa shape index (κ2) is 4.75. The number of nitrogens with one attached hydrogen (secondary N) is 1. The highest BCUT2D eigenvalue weighted by Gasteiger charge is 2.11. The van der Waals surface area contributed by atoms with Crippen LogP contribution in [0.3, 0.4) is 0 Å². The summed E-state index contributed by atoms with van der Waals surface area (Å²) in [6.45, 7) is 3.73. The topological polar surface area (TPSA) is 42.1 Å². The summed E-state index contributed by atoms with van der Waals surface area (Å²) in [6, 6.07) is 5.98. The van der Waals surface area contributed by atoms with Crippen molar-refractivity contribution in [1.82, 2.24) is 4.98 Å². The standard InChI is InChI=1S/C13H12BrNO2/c1-8(13(16)17-2)5-9-7-15-12-4-3-10(14)6-11(9)12/h3-4,6-7,15H,1,5H2,2H3.